The quantitative estimate of drug-likeness (QED) is 0.480. The van der Waals surface area contributed by atoms with Gasteiger partial charge in [-0.1, -0.05) is 91.0 Å². The van der Waals surface area contributed by atoms with Crippen LogP contribution in [0.1, 0.15) is 35.4 Å². The molecule has 1 heterocycles. The van der Waals surface area contributed by atoms with Crippen LogP contribution >= 0.6 is 0 Å². The van der Waals surface area contributed by atoms with E-state index in [1.165, 1.54) is 0 Å². The van der Waals surface area contributed by atoms with Crippen LogP contribution in [0.5, 0.6) is 0 Å². The molecule has 2 amide bonds. The Kier molecular flexibility index (Phi) is 7.77. The van der Waals surface area contributed by atoms with Gasteiger partial charge in [-0.3, -0.25) is 9.69 Å². The third-order valence-corrected chi connectivity index (χ3v) is 6.23. The fourth-order valence-electron chi connectivity index (χ4n) is 4.51. The van der Waals surface area contributed by atoms with Gasteiger partial charge in [0, 0.05) is 12.5 Å². The molecule has 1 fully saturated rings. The van der Waals surface area contributed by atoms with Gasteiger partial charge < -0.3 is 15.2 Å². The van der Waals surface area contributed by atoms with Crippen molar-refractivity contribution < 1.29 is 24.2 Å². The predicted octanol–water partition coefficient (Wildman–Crippen LogP) is 4.19. The molecule has 2 N–H and O–H groups in total. The first-order chi connectivity index (χ1) is 17.0. The fourth-order valence-corrected chi connectivity index (χ4v) is 4.51. The minimum Gasteiger partial charge on any atom is -0.465 e. The topological polar surface area (TPSA) is 95.9 Å². The molecule has 0 spiro atoms. The number of ether oxygens (including phenoxy) is 1. The highest BCUT2D eigenvalue weighted by molar-refractivity contribution is 5.90. The van der Waals surface area contributed by atoms with E-state index in [9.17, 15) is 19.5 Å². The molecule has 4 rings (SSSR count). The van der Waals surface area contributed by atoms with Crippen LogP contribution in [0, 0.1) is 0 Å². The Bertz CT molecular complexity index is 1100. The molecule has 7 heteroatoms. The molecule has 1 saturated heterocycles. The van der Waals surface area contributed by atoms with Crippen LogP contribution in [0.2, 0.25) is 0 Å². The van der Waals surface area contributed by atoms with E-state index in [2.05, 4.69) is 5.32 Å². The predicted molar refractivity (Wildman–Crippen MR) is 131 cm³/mol. The molecule has 2 unspecified atom stereocenters. The molecule has 0 bridgehead atoms. The van der Waals surface area contributed by atoms with E-state index in [1.807, 2.05) is 91.0 Å². The van der Waals surface area contributed by atoms with Crippen LogP contribution in [-0.2, 0) is 20.9 Å². The van der Waals surface area contributed by atoms with Crippen molar-refractivity contribution in [3.8, 4) is 0 Å². The summed E-state index contributed by atoms with van der Waals surface area (Å²) in [6, 6.07) is 26.3. The van der Waals surface area contributed by atoms with Gasteiger partial charge in [-0.15, -0.1) is 0 Å². The molecule has 3 aromatic rings. The number of esters is 1. The standard InChI is InChI=1S/C28H28N2O5/c31-26(23-17-10-18-30(23)28(33)34)29-25(27(32)35-19-20-11-4-1-5-12-20)24(21-13-6-2-7-14-21)22-15-8-3-9-16-22/h1-9,11-16,23-25H,10,17-19H2,(H,29,31)(H,33,34). The monoisotopic (exact) mass is 472 g/mol. The summed E-state index contributed by atoms with van der Waals surface area (Å²) in [5.74, 6) is -1.60. The zero-order valence-corrected chi connectivity index (χ0v) is 19.2. The second kappa shape index (κ2) is 11.3. The highest BCUT2D eigenvalue weighted by Gasteiger charge is 2.39. The average Bonchev–Trinajstić information content (AvgIpc) is 3.40. The van der Waals surface area contributed by atoms with E-state index in [4.69, 9.17) is 4.74 Å². The molecule has 7 nitrogen and oxygen atoms in total. The Hall–Kier alpha value is -4.13. The summed E-state index contributed by atoms with van der Waals surface area (Å²) in [7, 11) is 0. The van der Waals surface area contributed by atoms with Gasteiger partial charge in [0.05, 0.1) is 0 Å². The number of carbonyl (C=O) groups excluding carboxylic acids is 2. The lowest BCUT2D eigenvalue weighted by Crippen LogP contribution is -2.53. The van der Waals surface area contributed by atoms with Crippen LogP contribution in [0.3, 0.4) is 0 Å². The number of amides is 2. The number of carboxylic acid groups (broad SMARTS) is 1. The fraction of sp³-hybridized carbons (Fsp3) is 0.250. The molecule has 3 aromatic carbocycles. The Morgan fingerprint density at radius 3 is 1.97 bits per heavy atom. The molecule has 0 aromatic heterocycles. The number of nitrogens with one attached hydrogen (secondary N) is 1. The van der Waals surface area contributed by atoms with Crippen LogP contribution in [0.25, 0.3) is 0 Å². The number of rotatable bonds is 8. The average molecular weight is 473 g/mol. The number of likely N-dealkylation sites (tertiary alicyclic amines) is 1. The SMILES string of the molecule is O=C(OCc1ccccc1)C(NC(=O)C1CCCN1C(=O)O)C(c1ccccc1)c1ccccc1. The highest BCUT2D eigenvalue weighted by Crippen LogP contribution is 2.30. The van der Waals surface area contributed by atoms with Crippen molar-refractivity contribution in [2.75, 3.05) is 6.54 Å². The van der Waals surface area contributed by atoms with Gasteiger partial charge in [0.25, 0.3) is 0 Å². The van der Waals surface area contributed by atoms with Crippen LogP contribution in [0.4, 0.5) is 4.79 Å². The largest absolute Gasteiger partial charge is 0.465 e. The summed E-state index contributed by atoms with van der Waals surface area (Å²) >= 11 is 0. The summed E-state index contributed by atoms with van der Waals surface area (Å²) in [6.45, 7) is 0.352. The van der Waals surface area contributed by atoms with E-state index in [-0.39, 0.29) is 13.2 Å². The number of nitrogens with zero attached hydrogens (tertiary/aromatic N) is 1. The Morgan fingerprint density at radius 1 is 0.886 bits per heavy atom. The van der Waals surface area contributed by atoms with Crippen molar-refractivity contribution in [2.24, 2.45) is 0 Å². The molecule has 0 saturated carbocycles. The van der Waals surface area contributed by atoms with E-state index in [0.717, 1.165) is 21.6 Å². The normalized spacial score (nSPS) is 16.0. The molecular weight excluding hydrogens is 444 g/mol. The van der Waals surface area contributed by atoms with Crippen LogP contribution in [-0.4, -0.2) is 46.6 Å². The number of hydrogen-bond donors (Lipinski definition) is 2. The van der Waals surface area contributed by atoms with Crippen molar-refractivity contribution in [3.05, 3.63) is 108 Å². The second-order valence-electron chi connectivity index (χ2n) is 8.51. The van der Waals surface area contributed by atoms with Crippen LogP contribution < -0.4 is 5.32 Å². The third-order valence-electron chi connectivity index (χ3n) is 6.23. The van der Waals surface area contributed by atoms with Crippen LogP contribution in [0.15, 0.2) is 91.0 Å². The molecule has 35 heavy (non-hydrogen) atoms. The van der Waals surface area contributed by atoms with E-state index in [0.29, 0.717) is 12.8 Å². The van der Waals surface area contributed by atoms with Crippen molar-refractivity contribution in [1.29, 1.82) is 0 Å². The van der Waals surface area contributed by atoms with Gasteiger partial charge in [-0.2, -0.15) is 0 Å². The minimum atomic E-state index is -1.14. The van der Waals surface area contributed by atoms with Crippen molar-refractivity contribution >= 4 is 18.0 Å². The molecule has 1 aliphatic heterocycles. The zero-order valence-electron chi connectivity index (χ0n) is 19.2. The van der Waals surface area contributed by atoms with Gasteiger partial charge in [-0.25, -0.2) is 9.59 Å². The van der Waals surface area contributed by atoms with E-state index in [1.54, 1.807) is 0 Å². The summed E-state index contributed by atoms with van der Waals surface area (Å²) in [5.41, 5.74) is 2.50. The maximum absolute atomic E-state index is 13.5. The first-order valence-corrected chi connectivity index (χ1v) is 11.6. The molecule has 180 valence electrons. The lowest BCUT2D eigenvalue weighted by Gasteiger charge is -2.30. The number of hydrogen-bond acceptors (Lipinski definition) is 4. The van der Waals surface area contributed by atoms with Gasteiger partial charge in [-0.05, 0) is 29.5 Å². The zero-order chi connectivity index (χ0) is 24.6. The maximum atomic E-state index is 13.5. The van der Waals surface area contributed by atoms with Gasteiger partial charge in [0.2, 0.25) is 5.91 Å². The summed E-state index contributed by atoms with van der Waals surface area (Å²) in [5, 5.41) is 12.4. The molecular formula is C28H28N2O5. The number of carbonyl (C=O) groups is 3. The van der Waals surface area contributed by atoms with Gasteiger partial charge in [0.15, 0.2) is 0 Å². The summed E-state index contributed by atoms with van der Waals surface area (Å²) in [4.78, 5) is 39.5. The van der Waals surface area contributed by atoms with Crippen molar-refractivity contribution in [3.63, 3.8) is 0 Å². The van der Waals surface area contributed by atoms with Crippen molar-refractivity contribution in [2.45, 2.75) is 37.5 Å². The Morgan fingerprint density at radius 2 is 1.43 bits per heavy atom. The second-order valence-corrected chi connectivity index (χ2v) is 8.51. The first-order valence-electron chi connectivity index (χ1n) is 11.6. The molecule has 1 aliphatic rings. The third kappa shape index (κ3) is 5.87. The molecule has 0 aliphatic carbocycles. The highest BCUT2D eigenvalue weighted by atomic mass is 16.5. The van der Waals surface area contributed by atoms with E-state index < -0.39 is 36.0 Å². The summed E-state index contributed by atoms with van der Waals surface area (Å²) in [6.07, 6.45) is -0.145. The van der Waals surface area contributed by atoms with Gasteiger partial charge >= 0.3 is 12.1 Å². The Labute approximate surface area is 204 Å². The smallest absolute Gasteiger partial charge is 0.407 e. The summed E-state index contributed by atoms with van der Waals surface area (Å²) < 4.78 is 5.67. The maximum Gasteiger partial charge on any atom is 0.407 e. The van der Waals surface area contributed by atoms with Gasteiger partial charge in [0.1, 0.15) is 18.7 Å². The van der Waals surface area contributed by atoms with Crippen molar-refractivity contribution in [1.82, 2.24) is 10.2 Å². The molecule has 0 radical (unpaired) electrons. The Balaban J connectivity index is 1.66. The van der Waals surface area contributed by atoms with E-state index >= 15 is 0 Å². The lowest BCUT2D eigenvalue weighted by molar-refractivity contribution is -0.150. The minimum absolute atomic E-state index is 0.0625. The molecule has 2 atom stereocenters. The first kappa shape index (κ1) is 24.0. The number of benzene rings is 3. The lowest BCUT2D eigenvalue weighted by atomic mass is 9.84.